The van der Waals surface area contributed by atoms with Gasteiger partial charge in [-0.1, -0.05) is 64.9 Å². The minimum absolute atomic E-state index is 0.552. The Bertz CT molecular complexity index is 1170. The van der Waals surface area contributed by atoms with E-state index in [9.17, 15) is 0 Å². The average Bonchev–Trinajstić information content (AvgIpc) is 3.28. The molecule has 158 valence electrons. The van der Waals surface area contributed by atoms with Crippen LogP contribution in [0, 0.1) is 6.92 Å². The molecular formula is C23H23N5O2S. The molecule has 5 rings (SSSR count). The van der Waals surface area contributed by atoms with Crippen molar-refractivity contribution in [1.29, 1.82) is 0 Å². The van der Waals surface area contributed by atoms with Crippen LogP contribution in [0.4, 0.5) is 0 Å². The fourth-order valence-electron chi connectivity index (χ4n) is 3.50. The zero-order valence-corrected chi connectivity index (χ0v) is 18.1. The lowest BCUT2D eigenvalue weighted by Gasteiger charge is -2.25. The molecule has 0 unspecified atom stereocenters. The largest absolute Gasteiger partial charge is 0.379 e. The quantitative estimate of drug-likeness (QED) is 0.332. The van der Waals surface area contributed by atoms with Crippen LogP contribution in [0.25, 0.3) is 22.3 Å². The smallest absolute Gasteiger partial charge is 0.237 e. The molecule has 0 bridgehead atoms. The van der Waals surface area contributed by atoms with Gasteiger partial charge in [-0.25, -0.2) is 9.97 Å². The van der Waals surface area contributed by atoms with Crippen LogP contribution in [0.5, 0.6) is 0 Å². The first-order valence-corrected chi connectivity index (χ1v) is 11.3. The van der Waals surface area contributed by atoms with Gasteiger partial charge >= 0.3 is 0 Å². The maximum atomic E-state index is 5.49. The van der Waals surface area contributed by atoms with Crippen LogP contribution >= 0.6 is 11.8 Å². The van der Waals surface area contributed by atoms with Crippen LogP contribution in [0.3, 0.4) is 0 Å². The average molecular weight is 434 g/mol. The molecule has 0 amide bonds. The molecule has 0 atom stereocenters. The van der Waals surface area contributed by atoms with E-state index in [1.165, 1.54) is 5.56 Å². The fourth-order valence-corrected chi connectivity index (χ4v) is 4.37. The highest BCUT2D eigenvalue weighted by molar-refractivity contribution is 7.98. The standard InChI is InChI=1S/C23H23N5O2S/c1-16-6-8-17(9-7-16)22-26-21(30-27-22)15-31-23-18-4-2-3-5-19(18)24-20(25-23)14-28-10-12-29-13-11-28/h2-9H,10-15H2,1H3. The zero-order chi connectivity index (χ0) is 21.0. The third-order valence-corrected chi connectivity index (χ3v) is 6.17. The van der Waals surface area contributed by atoms with E-state index in [0.717, 1.165) is 60.2 Å². The van der Waals surface area contributed by atoms with Crippen molar-refractivity contribution in [2.75, 3.05) is 26.3 Å². The Balaban J connectivity index is 1.35. The Labute approximate surface area is 184 Å². The van der Waals surface area contributed by atoms with E-state index in [1.54, 1.807) is 11.8 Å². The number of ether oxygens (including phenoxy) is 1. The van der Waals surface area contributed by atoms with E-state index in [1.807, 2.05) is 42.5 Å². The lowest BCUT2D eigenvalue weighted by atomic mass is 10.1. The highest BCUT2D eigenvalue weighted by atomic mass is 32.2. The van der Waals surface area contributed by atoms with Gasteiger partial charge in [0.1, 0.15) is 10.9 Å². The summed E-state index contributed by atoms with van der Waals surface area (Å²) in [7, 11) is 0. The summed E-state index contributed by atoms with van der Waals surface area (Å²) in [6.07, 6.45) is 0. The second-order valence-electron chi connectivity index (χ2n) is 7.52. The van der Waals surface area contributed by atoms with Gasteiger partial charge in [0.2, 0.25) is 11.7 Å². The van der Waals surface area contributed by atoms with Crippen molar-refractivity contribution in [3.63, 3.8) is 0 Å². The summed E-state index contributed by atoms with van der Waals surface area (Å²) in [5, 5.41) is 6.11. The molecule has 7 nitrogen and oxygen atoms in total. The minimum Gasteiger partial charge on any atom is -0.379 e. The Morgan fingerprint density at radius 1 is 0.968 bits per heavy atom. The molecule has 1 fully saturated rings. The van der Waals surface area contributed by atoms with Crippen LogP contribution in [0.15, 0.2) is 58.1 Å². The van der Waals surface area contributed by atoms with E-state index in [-0.39, 0.29) is 0 Å². The molecule has 0 saturated carbocycles. The summed E-state index contributed by atoms with van der Waals surface area (Å²) < 4.78 is 10.9. The number of nitrogens with zero attached hydrogens (tertiary/aromatic N) is 5. The normalized spacial score (nSPS) is 14.9. The van der Waals surface area contributed by atoms with Gasteiger partial charge in [-0.05, 0) is 13.0 Å². The summed E-state index contributed by atoms with van der Waals surface area (Å²) in [6, 6.07) is 16.2. The topological polar surface area (TPSA) is 77.2 Å². The number of aryl methyl sites for hydroxylation is 1. The third-order valence-electron chi connectivity index (χ3n) is 5.19. The summed E-state index contributed by atoms with van der Waals surface area (Å²) in [6.45, 7) is 6.11. The number of thioether (sulfide) groups is 1. The van der Waals surface area contributed by atoms with Crippen LogP contribution in [0.1, 0.15) is 17.3 Å². The first kappa shape index (κ1) is 20.1. The summed E-state index contributed by atoms with van der Waals surface area (Å²) in [5.41, 5.74) is 3.10. The monoisotopic (exact) mass is 433 g/mol. The van der Waals surface area contributed by atoms with Gasteiger partial charge in [-0.3, -0.25) is 4.90 Å². The summed E-state index contributed by atoms with van der Waals surface area (Å²) >= 11 is 1.60. The molecule has 1 aliphatic heterocycles. The molecule has 0 radical (unpaired) electrons. The predicted molar refractivity (Wildman–Crippen MR) is 120 cm³/mol. The van der Waals surface area contributed by atoms with Gasteiger partial charge < -0.3 is 9.26 Å². The zero-order valence-electron chi connectivity index (χ0n) is 17.3. The Morgan fingerprint density at radius 3 is 2.61 bits per heavy atom. The van der Waals surface area contributed by atoms with Gasteiger partial charge in [-0.15, -0.1) is 0 Å². The number of aromatic nitrogens is 4. The lowest BCUT2D eigenvalue weighted by molar-refractivity contribution is 0.0330. The molecule has 2 aromatic heterocycles. The number of benzene rings is 2. The van der Waals surface area contributed by atoms with E-state index in [0.29, 0.717) is 17.5 Å². The second-order valence-corrected chi connectivity index (χ2v) is 8.48. The number of para-hydroxylation sites is 1. The molecule has 0 spiro atoms. The number of rotatable bonds is 6. The van der Waals surface area contributed by atoms with E-state index >= 15 is 0 Å². The van der Waals surface area contributed by atoms with Crippen molar-refractivity contribution < 1.29 is 9.26 Å². The molecule has 1 saturated heterocycles. The summed E-state index contributed by atoms with van der Waals surface area (Å²) in [5.74, 6) is 2.57. The first-order valence-electron chi connectivity index (χ1n) is 10.3. The molecule has 0 N–H and O–H groups in total. The Hall–Kier alpha value is -2.81. The van der Waals surface area contributed by atoms with Gasteiger partial charge in [0.05, 0.1) is 31.0 Å². The Kier molecular flexibility index (Phi) is 5.93. The molecule has 2 aromatic carbocycles. The molecule has 8 heteroatoms. The van der Waals surface area contributed by atoms with Gasteiger partial charge in [0, 0.05) is 24.0 Å². The highest BCUT2D eigenvalue weighted by Crippen LogP contribution is 2.28. The molecule has 0 aliphatic carbocycles. The molecule has 4 aromatic rings. The highest BCUT2D eigenvalue weighted by Gasteiger charge is 2.16. The molecule has 31 heavy (non-hydrogen) atoms. The van der Waals surface area contributed by atoms with Crippen molar-refractivity contribution >= 4 is 22.7 Å². The van der Waals surface area contributed by atoms with Crippen molar-refractivity contribution in [3.8, 4) is 11.4 Å². The van der Waals surface area contributed by atoms with Crippen molar-refractivity contribution in [2.45, 2.75) is 24.2 Å². The maximum Gasteiger partial charge on any atom is 0.237 e. The molecule has 1 aliphatic rings. The first-order chi connectivity index (χ1) is 15.2. The summed E-state index contributed by atoms with van der Waals surface area (Å²) in [4.78, 5) is 16.5. The predicted octanol–water partition coefficient (Wildman–Crippen LogP) is 4.11. The number of morpholine rings is 1. The van der Waals surface area contributed by atoms with E-state index in [4.69, 9.17) is 19.2 Å². The lowest BCUT2D eigenvalue weighted by Crippen LogP contribution is -2.36. The van der Waals surface area contributed by atoms with Crippen LogP contribution in [0.2, 0.25) is 0 Å². The molecule has 3 heterocycles. The van der Waals surface area contributed by atoms with Crippen LogP contribution in [-0.4, -0.2) is 51.3 Å². The second kappa shape index (κ2) is 9.13. The number of hydrogen-bond acceptors (Lipinski definition) is 8. The maximum absolute atomic E-state index is 5.49. The fraction of sp³-hybridized carbons (Fsp3) is 0.304. The Morgan fingerprint density at radius 2 is 1.77 bits per heavy atom. The van der Waals surface area contributed by atoms with Crippen molar-refractivity contribution in [3.05, 3.63) is 65.8 Å². The number of fused-ring (bicyclic) bond motifs is 1. The SMILES string of the molecule is Cc1ccc(-c2noc(CSc3nc(CN4CCOCC4)nc4ccccc34)n2)cc1. The number of hydrogen-bond donors (Lipinski definition) is 0. The van der Waals surface area contributed by atoms with E-state index < -0.39 is 0 Å². The van der Waals surface area contributed by atoms with Gasteiger partial charge in [0.15, 0.2) is 0 Å². The van der Waals surface area contributed by atoms with Gasteiger partial charge in [-0.2, -0.15) is 4.98 Å². The molecular weight excluding hydrogens is 410 g/mol. The van der Waals surface area contributed by atoms with Crippen LogP contribution < -0.4 is 0 Å². The van der Waals surface area contributed by atoms with Crippen molar-refractivity contribution in [2.24, 2.45) is 0 Å². The van der Waals surface area contributed by atoms with Crippen LogP contribution in [-0.2, 0) is 17.0 Å². The minimum atomic E-state index is 0.552. The van der Waals surface area contributed by atoms with E-state index in [2.05, 4.69) is 28.0 Å². The third kappa shape index (κ3) is 4.76. The van der Waals surface area contributed by atoms with Crippen molar-refractivity contribution in [1.82, 2.24) is 25.0 Å². The van der Waals surface area contributed by atoms with Gasteiger partial charge in [0.25, 0.3) is 0 Å².